The molecule has 0 aromatic rings. The fourth-order valence-electron chi connectivity index (χ4n) is 0.552. The SMILES string of the molecule is CC(C)C[SH](I)(I)(I)I. The summed E-state index contributed by atoms with van der Waals surface area (Å²) in [5.74, 6) is 2.21. The quantitative estimate of drug-likeness (QED) is 0.332. The van der Waals surface area contributed by atoms with Crippen LogP contribution >= 0.6 is 82.7 Å². The lowest BCUT2D eigenvalue weighted by Crippen LogP contribution is -1.98. The molecule has 0 fully saturated rings. The van der Waals surface area contributed by atoms with Gasteiger partial charge >= 0.3 is 0 Å². The van der Waals surface area contributed by atoms with Crippen molar-refractivity contribution in [3.63, 3.8) is 0 Å². The molecule has 0 aliphatic carbocycles. The van der Waals surface area contributed by atoms with Gasteiger partial charge in [0.2, 0.25) is 0 Å². The molecular formula is C4H10I4S. The van der Waals surface area contributed by atoms with Crippen LogP contribution in [0.4, 0.5) is 0 Å². The van der Waals surface area contributed by atoms with Crippen molar-refractivity contribution in [2.24, 2.45) is 5.92 Å². The molecule has 0 aliphatic heterocycles. The number of thiol groups is 1. The monoisotopic (exact) mass is 598 g/mol. The summed E-state index contributed by atoms with van der Waals surface area (Å²) in [7, 11) is 0. The van der Waals surface area contributed by atoms with Crippen LogP contribution in [0.2, 0.25) is 0 Å². The van der Waals surface area contributed by atoms with Gasteiger partial charge in [0.05, 0.1) is 0 Å². The second-order valence-electron chi connectivity index (χ2n) is 2.44. The normalized spacial score (nSPS) is 17.4. The van der Waals surface area contributed by atoms with Crippen molar-refractivity contribution in [3.05, 3.63) is 0 Å². The van der Waals surface area contributed by atoms with Gasteiger partial charge in [-0.25, -0.2) is 0 Å². The number of halogens is 4. The Bertz CT molecular complexity index is 93.6. The Kier molecular flexibility index (Phi) is 5.43. The summed E-state index contributed by atoms with van der Waals surface area (Å²) in [6.07, 6.45) is 0. The second kappa shape index (κ2) is 3.99. The molecule has 0 spiro atoms. The molecule has 0 heterocycles. The van der Waals surface area contributed by atoms with E-state index in [4.69, 9.17) is 0 Å². The molecule has 0 N–H and O–H groups in total. The second-order valence-corrected chi connectivity index (χ2v) is 63.3. The average molecular weight is 598 g/mol. The number of hydrogen-bond acceptors (Lipinski definition) is 0. The summed E-state index contributed by atoms with van der Waals surface area (Å²) in [6, 6.07) is 0. The lowest BCUT2D eigenvalue weighted by molar-refractivity contribution is 0.752. The lowest BCUT2D eigenvalue weighted by atomic mass is 10.3. The van der Waals surface area contributed by atoms with Gasteiger partial charge in [0, 0.05) is 0 Å². The summed E-state index contributed by atoms with van der Waals surface area (Å²) < 4.78 is -1.29. The zero-order chi connectivity index (χ0) is 7.73. The molecule has 0 aromatic heterocycles. The van der Waals surface area contributed by atoms with Crippen LogP contribution in [-0.2, 0) is 0 Å². The molecule has 5 heteroatoms. The lowest BCUT2D eigenvalue weighted by Gasteiger charge is -2.39. The maximum atomic E-state index is 2.62. The van der Waals surface area contributed by atoms with E-state index in [-0.39, 0.29) is 0 Å². The van der Waals surface area contributed by atoms with Gasteiger partial charge < -0.3 is 0 Å². The van der Waals surface area contributed by atoms with Gasteiger partial charge in [-0.15, -0.1) is -2.15 Å². The Morgan fingerprint density at radius 2 is 1.44 bits per heavy atom. The average Bonchev–Trinajstić information content (AvgIpc) is 1.16. The fraction of sp³-hybridized carbons (Fsp3) is 1.00. The topological polar surface area (TPSA) is 0 Å². The fourth-order valence-corrected chi connectivity index (χ4v) is 11.1. The van der Waals surface area contributed by atoms with E-state index in [2.05, 4.69) is 98.7 Å². The molecule has 0 rings (SSSR count). The van der Waals surface area contributed by atoms with Gasteiger partial charge in [0.25, 0.3) is 0 Å². The summed E-state index contributed by atoms with van der Waals surface area (Å²) in [4.78, 5) is 0. The van der Waals surface area contributed by atoms with Crippen LogP contribution in [0.15, 0.2) is 0 Å². The first-order valence-electron chi connectivity index (χ1n) is 2.56. The van der Waals surface area contributed by atoms with Crippen LogP contribution in [0.25, 0.3) is 0 Å². The largest absolute Gasteiger partial charge is 0.116 e. The highest BCUT2D eigenvalue weighted by Gasteiger charge is 2.27. The van der Waals surface area contributed by atoms with Crippen LogP contribution in [0, 0.1) is 5.92 Å². The Morgan fingerprint density at radius 3 is 1.44 bits per heavy atom. The smallest absolute Gasteiger partial charge is 0.00453 e. The highest BCUT2D eigenvalue weighted by atomic mass is 127. The molecule has 0 nitrogen and oxygen atoms in total. The van der Waals surface area contributed by atoms with E-state index >= 15 is 0 Å². The molecule has 0 atom stereocenters. The predicted octanol–water partition coefficient (Wildman–Crippen LogP) is 5.12. The third-order valence-electron chi connectivity index (χ3n) is 0.641. The summed E-state index contributed by atoms with van der Waals surface area (Å²) >= 11 is 10.5. The zero-order valence-electron chi connectivity index (χ0n) is 5.24. The van der Waals surface area contributed by atoms with Crippen LogP contribution in [-0.4, -0.2) is 5.75 Å². The number of hydrogen-bond donors (Lipinski definition) is 1. The van der Waals surface area contributed by atoms with E-state index in [9.17, 15) is 0 Å². The van der Waals surface area contributed by atoms with Gasteiger partial charge in [-0.1, -0.05) is 13.8 Å². The number of rotatable bonds is 2. The Balaban J connectivity index is 3.89. The molecule has 0 unspecified atom stereocenters. The first-order valence-corrected chi connectivity index (χ1v) is 16.1. The van der Waals surface area contributed by atoms with Crippen molar-refractivity contribution in [2.75, 3.05) is 5.75 Å². The van der Waals surface area contributed by atoms with Gasteiger partial charge in [-0.3, -0.25) is 0 Å². The third-order valence-corrected chi connectivity index (χ3v) is 6.65. The van der Waals surface area contributed by atoms with Crippen molar-refractivity contribution < 1.29 is 0 Å². The maximum absolute atomic E-state index is 2.62. The van der Waals surface area contributed by atoms with Crippen molar-refractivity contribution >= 4 is 82.7 Å². The first-order chi connectivity index (χ1) is 3.67. The van der Waals surface area contributed by atoms with Crippen molar-refractivity contribution in [2.45, 2.75) is 13.8 Å². The zero-order valence-corrected chi connectivity index (χ0v) is 14.8. The summed E-state index contributed by atoms with van der Waals surface area (Å²) in [5.41, 5.74) is 0. The van der Waals surface area contributed by atoms with Gasteiger partial charge in [-0.2, -0.15) is 0 Å². The predicted molar refractivity (Wildman–Crippen MR) is 84.8 cm³/mol. The minimum atomic E-state index is -1.29. The molecular weight excluding hydrogens is 588 g/mol. The van der Waals surface area contributed by atoms with Crippen LogP contribution in [0.3, 0.4) is 0 Å². The van der Waals surface area contributed by atoms with Crippen LogP contribution in [0.5, 0.6) is 0 Å². The molecule has 0 saturated heterocycles. The third kappa shape index (κ3) is 11.3. The van der Waals surface area contributed by atoms with E-state index < -0.39 is -2.15 Å². The molecule has 60 valence electrons. The Labute approximate surface area is 106 Å². The maximum Gasteiger partial charge on any atom is -0.00453 e. The molecule has 0 bridgehead atoms. The van der Waals surface area contributed by atoms with E-state index in [0.29, 0.717) is 0 Å². The van der Waals surface area contributed by atoms with E-state index in [1.807, 2.05) is 0 Å². The molecule has 0 aliphatic rings. The minimum absolute atomic E-state index is 0.838. The highest BCUT2D eigenvalue weighted by molar-refractivity contribution is 14.6. The van der Waals surface area contributed by atoms with Crippen LogP contribution in [0.1, 0.15) is 13.8 Å². The Morgan fingerprint density at radius 1 is 1.11 bits per heavy atom. The highest BCUT2D eigenvalue weighted by Crippen LogP contribution is 2.96. The van der Waals surface area contributed by atoms with E-state index in [0.717, 1.165) is 5.92 Å². The van der Waals surface area contributed by atoms with Crippen molar-refractivity contribution in [3.8, 4) is 0 Å². The summed E-state index contributed by atoms with van der Waals surface area (Å²) in [5, 5.41) is 0. The summed E-state index contributed by atoms with van der Waals surface area (Å²) in [6.45, 7) is 4.58. The van der Waals surface area contributed by atoms with Crippen LogP contribution < -0.4 is 0 Å². The van der Waals surface area contributed by atoms with Crippen molar-refractivity contribution in [1.82, 2.24) is 0 Å². The van der Waals surface area contributed by atoms with Gasteiger partial charge in [0.1, 0.15) is 0 Å². The molecule has 9 heavy (non-hydrogen) atoms. The first kappa shape index (κ1) is 12.3. The van der Waals surface area contributed by atoms with Crippen molar-refractivity contribution in [1.29, 1.82) is 0 Å². The molecule has 0 radical (unpaired) electrons. The Hall–Kier alpha value is 3.27. The molecule has 0 saturated carbocycles. The van der Waals surface area contributed by atoms with E-state index in [1.54, 1.807) is 0 Å². The van der Waals surface area contributed by atoms with Gasteiger partial charge in [0.15, 0.2) is 0 Å². The standard InChI is InChI=1S/C4H10I4S/c1-4(2)3-9(5,6,7)8/h4,9H,3H2,1-2H3. The van der Waals surface area contributed by atoms with E-state index in [1.165, 1.54) is 5.75 Å². The molecule has 0 aromatic carbocycles. The minimum Gasteiger partial charge on any atom is -0.116 e. The van der Waals surface area contributed by atoms with Gasteiger partial charge in [-0.05, 0) is 96.5 Å². The molecule has 0 amide bonds.